The highest BCUT2D eigenvalue weighted by Gasteiger charge is 2.20. The zero-order chi connectivity index (χ0) is 14.1. The van der Waals surface area contributed by atoms with E-state index in [-0.39, 0.29) is 12.1 Å². The van der Waals surface area contributed by atoms with Crippen molar-refractivity contribution in [2.75, 3.05) is 0 Å². The van der Waals surface area contributed by atoms with Crippen LogP contribution in [0.25, 0.3) is 0 Å². The van der Waals surface area contributed by atoms with Crippen molar-refractivity contribution in [3.8, 4) is 5.75 Å². The van der Waals surface area contributed by atoms with Crippen LogP contribution in [-0.4, -0.2) is 6.10 Å². The van der Waals surface area contributed by atoms with E-state index in [0.29, 0.717) is 0 Å². The lowest BCUT2D eigenvalue weighted by Crippen LogP contribution is -2.12. The molecule has 3 rings (SSSR count). The normalized spacial score (nSPS) is 18.4. The summed E-state index contributed by atoms with van der Waals surface area (Å²) >= 11 is 0. The van der Waals surface area contributed by atoms with Gasteiger partial charge < -0.3 is 10.5 Å². The molecule has 0 spiro atoms. The standard InChI is InChI=1S/C18H21NO/c1-3-13-4-6-14(7-5-13)18(19)15-8-9-17-16(11-15)10-12(2)20-17/h4-9,11-12,18H,3,10,19H2,1-2H3. The van der Waals surface area contributed by atoms with Gasteiger partial charge in [-0.1, -0.05) is 43.3 Å². The summed E-state index contributed by atoms with van der Waals surface area (Å²) in [4.78, 5) is 0. The van der Waals surface area contributed by atoms with Crippen molar-refractivity contribution in [3.05, 3.63) is 64.7 Å². The lowest BCUT2D eigenvalue weighted by Gasteiger charge is -2.14. The summed E-state index contributed by atoms with van der Waals surface area (Å²) in [7, 11) is 0. The van der Waals surface area contributed by atoms with Crippen LogP contribution in [0.1, 0.15) is 42.1 Å². The minimum Gasteiger partial charge on any atom is -0.490 e. The lowest BCUT2D eigenvalue weighted by atomic mass is 9.96. The van der Waals surface area contributed by atoms with Gasteiger partial charge in [0.25, 0.3) is 0 Å². The van der Waals surface area contributed by atoms with Gasteiger partial charge >= 0.3 is 0 Å². The Labute approximate surface area is 120 Å². The fraction of sp³-hybridized carbons (Fsp3) is 0.333. The second-order valence-electron chi connectivity index (χ2n) is 5.57. The Morgan fingerprint density at radius 2 is 1.85 bits per heavy atom. The van der Waals surface area contributed by atoms with E-state index >= 15 is 0 Å². The molecule has 2 nitrogen and oxygen atoms in total. The van der Waals surface area contributed by atoms with Crippen LogP contribution in [0.5, 0.6) is 5.75 Å². The molecule has 0 bridgehead atoms. The number of hydrogen-bond acceptors (Lipinski definition) is 2. The first-order valence-electron chi connectivity index (χ1n) is 7.31. The van der Waals surface area contributed by atoms with Crippen LogP contribution >= 0.6 is 0 Å². The molecule has 1 aliphatic heterocycles. The minimum absolute atomic E-state index is 0.0675. The molecule has 104 valence electrons. The third kappa shape index (κ3) is 2.44. The summed E-state index contributed by atoms with van der Waals surface area (Å²) in [5.74, 6) is 1.01. The van der Waals surface area contributed by atoms with Crippen molar-refractivity contribution < 1.29 is 4.74 Å². The van der Waals surface area contributed by atoms with Crippen LogP contribution in [0.3, 0.4) is 0 Å². The maximum atomic E-state index is 6.40. The molecule has 0 amide bonds. The Bertz CT molecular complexity index is 603. The van der Waals surface area contributed by atoms with Gasteiger partial charge in [0.05, 0.1) is 6.04 Å². The van der Waals surface area contributed by atoms with Crippen molar-refractivity contribution in [2.45, 2.75) is 38.8 Å². The molecule has 1 heterocycles. The van der Waals surface area contributed by atoms with E-state index in [2.05, 4.69) is 56.3 Å². The van der Waals surface area contributed by atoms with Gasteiger partial charge in [-0.3, -0.25) is 0 Å². The second kappa shape index (κ2) is 5.29. The second-order valence-corrected chi connectivity index (χ2v) is 5.57. The van der Waals surface area contributed by atoms with E-state index in [1.807, 2.05) is 0 Å². The summed E-state index contributed by atoms with van der Waals surface area (Å²) in [6.45, 7) is 4.26. The molecular weight excluding hydrogens is 246 g/mol. The Balaban J connectivity index is 1.86. The van der Waals surface area contributed by atoms with Gasteiger partial charge in [0.1, 0.15) is 11.9 Å². The van der Waals surface area contributed by atoms with Crippen molar-refractivity contribution in [1.82, 2.24) is 0 Å². The van der Waals surface area contributed by atoms with Gasteiger partial charge in [0.2, 0.25) is 0 Å². The maximum absolute atomic E-state index is 6.40. The largest absolute Gasteiger partial charge is 0.490 e. The molecule has 0 fully saturated rings. The first-order valence-corrected chi connectivity index (χ1v) is 7.31. The average molecular weight is 267 g/mol. The molecule has 0 saturated heterocycles. The minimum atomic E-state index is -0.0675. The van der Waals surface area contributed by atoms with Crippen molar-refractivity contribution >= 4 is 0 Å². The van der Waals surface area contributed by atoms with Crippen molar-refractivity contribution in [3.63, 3.8) is 0 Å². The molecule has 2 unspecified atom stereocenters. The van der Waals surface area contributed by atoms with E-state index in [1.165, 1.54) is 11.1 Å². The zero-order valence-electron chi connectivity index (χ0n) is 12.1. The Hall–Kier alpha value is -1.80. The smallest absolute Gasteiger partial charge is 0.123 e. The molecule has 0 saturated carbocycles. The Morgan fingerprint density at radius 3 is 2.55 bits per heavy atom. The van der Waals surface area contributed by atoms with Crippen LogP contribution in [-0.2, 0) is 12.8 Å². The molecular formula is C18H21NO. The topological polar surface area (TPSA) is 35.2 Å². The van der Waals surface area contributed by atoms with E-state index in [4.69, 9.17) is 10.5 Å². The highest BCUT2D eigenvalue weighted by molar-refractivity contribution is 5.44. The average Bonchev–Trinajstić information content (AvgIpc) is 2.85. The van der Waals surface area contributed by atoms with E-state index in [0.717, 1.165) is 29.7 Å². The molecule has 2 N–H and O–H groups in total. The Kier molecular flexibility index (Phi) is 3.49. The molecule has 2 heteroatoms. The molecule has 2 aromatic rings. The van der Waals surface area contributed by atoms with Crippen LogP contribution in [0.15, 0.2) is 42.5 Å². The maximum Gasteiger partial charge on any atom is 0.123 e. The fourth-order valence-electron chi connectivity index (χ4n) is 2.79. The summed E-state index contributed by atoms with van der Waals surface area (Å²) in [6.07, 6.45) is 2.31. The predicted molar refractivity (Wildman–Crippen MR) is 82.1 cm³/mol. The SMILES string of the molecule is CCc1ccc(C(N)c2ccc3c(c2)CC(C)O3)cc1. The van der Waals surface area contributed by atoms with Gasteiger partial charge in [0.15, 0.2) is 0 Å². The van der Waals surface area contributed by atoms with Crippen molar-refractivity contribution in [1.29, 1.82) is 0 Å². The first-order chi connectivity index (χ1) is 9.67. The van der Waals surface area contributed by atoms with E-state index in [1.54, 1.807) is 0 Å². The number of rotatable bonds is 3. The van der Waals surface area contributed by atoms with Crippen molar-refractivity contribution in [2.24, 2.45) is 5.73 Å². The number of fused-ring (bicyclic) bond motifs is 1. The molecule has 1 aliphatic rings. The van der Waals surface area contributed by atoms with E-state index < -0.39 is 0 Å². The monoisotopic (exact) mass is 267 g/mol. The third-order valence-electron chi connectivity index (χ3n) is 4.03. The van der Waals surface area contributed by atoms with Crippen LogP contribution in [0.2, 0.25) is 0 Å². The summed E-state index contributed by atoms with van der Waals surface area (Å²) in [5.41, 5.74) is 11.3. The lowest BCUT2D eigenvalue weighted by molar-refractivity contribution is 0.254. The van der Waals surface area contributed by atoms with Gasteiger partial charge in [0, 0.05) is 6.42 Å². The van der Waals surface area contributed by atoms with Gasteiger partial charge in [-0.25, -0.2) is 0 Å². The quantitative estimate of drug-likeness (QED) is 0.921. The Morgan fingerprint density at radius 1 is 1.15 bits per heavy atom. The summed E-state index contributed by atoms with van der Waals surface area (Å²) in [6, 6.07) is 14.8. The first kappa shape index (κ1) is 13.2. The molecule has 2 atom stereocenters. The van der Waals surface area contributed by atoms with Crippen LogP contribution < -0.4 is 10.5 Å². The third-order valence-corrected chi connectivity index (χ3v) is 4.03. The van der Waals surface area contributed by atoms with Gasteiger partial charge in [-0.2, -0.15) is 0 Å². The number of ether oxygens (including phenoxy) is 1. The highest BCUT2D eigenvalue weighted by atomic mass is 16.5. The highest BCUT2D eigenvalue weighted by Crippen LogP contribution is 2.32. The van der Waals surface area contributed by atoms with Crippen LogP contribution in [0, 0.1) is 0 Å². The molecule has 20 heavy (non-hydrogen) atoms. The molecule has 0 aromatic heterocycles. The summed E-state index contributed by atoms with van der Waals surface area (Å²) < 4.78 is 5.74. The number of nitrogens with two attached hydrogens (primary N) is 1. The number of hydrogen-bond donors (Lipinski definition) is 1. The zero-order valence-corrected chi connectivity index (χ0v) is 12.1. The fourth-order valence-corrected chi connectivity index (χ4v) is 2.79. The van der Waals surface area contributed by atoms with Gasteiger partial charge in [-0.05, 0) is 41.7 Å². The molecule has 0 radical (unpaired) electrons. The summed E-state index contributed by atoms with van der Waals surface area (Å²) in [5, 5.41) is 0. The number of aryl methyl sites for hydroxylation is 1. The van der Waals surface area contributed by atoms with Crippen LogP contribution in [0.4, 0.5) is 0 Å². The molecule has 2 aromatic carbocycles. The predicted octanol–water partition coefficient (Wildman–Crippen LogP) is 3.62. The van der Waals surface area contributed by atoms with Gasteiger partial charge in [-0.15, -0.1) is 0 Å². The van der Waals surface area contributed by atoms with E-state index in [9.17, 15) is 0 Å². The molecule has 0 aliphatic carbocycles. The number of benzene rings is 2.